The van der Waals surface area contributed by atoms with Gasteiger partial charge >= 0.3 is 0 Å². The summed E-state index contributed by atoms with van der Waals surface area (Å²) in [6.07, 6.45) is 0. The highest BCUT2D eigenvalue weighted by Gasteiger charge is 2.21. The first-order chi connectivity index (χ1) is 16.8. The monoisotopic (exact) mass is 488 g/mol. The Bertz CT molecular complexity index is 1390. The van der Waals surface area contributed by atoms with Crippen molar-refractivity contribution < 1.29 is 9.53 Å². The number of thiazole rings is 1. The largest absolute Gasteiger partial charge is 0.372 e. The SMILES string of the molecule is Cc1nc(-c2c(C)c(C)nn(C)c2=O)sc1C(=O)NCc1ccc(COCc2ccccc2)cc1. The van der Waals surface area contributed by atoms with Gasteiger partial charge in [-0.1, -0.05) is 54.6 Å². The van der Waals surface area contributed by atoms with Gasteiger partial charge in [-0.15, -0.1) is 11.3 Å². The number of nitrogens with one attached hydrogen (secondary N) is 1. The molecule has 0 spiro atoms. The number of aromatic nitrogens is 3. The molecule has 35 heavy (non-hydrogen) atoms. The van der Waals surface area contributed by atoms with Crippen LogP contribution in [0.15, 0.2) is 59.4 Å². The maximum Gasteiger partial charge on any atom is 0.277 e. The zero-order chi connectivity index (χ0) is 24.9. The minimum atomic E-state index is -0.221. The summed E-state index contributed by atoms with van der Waals surface area (Å²) in [5.74, 6) is -0.207. The van der Waals surface area contributed by atoms with E-state index in [1.54, 1.807) is 14.0 Å². The van der Waals surface area contributed by atoms with Gasteiger partial charge in [-0.05, 0) is 43.0 Å². The maximum absolute atomic E-state index is 12.9. The minimum Gasteiger partial charge on any atom is -0.372 e. The Kier molecular flexibility index (Phi) is 7.53. The van der Waals surface area contributed by atoms with E-state index in [1.165, 1.54) is 16.0 Å². The summed E-state index contributed by atoms with van der Waals surface area (Å²) < 4.78 is 7.09. The number of benzene rings is 2. The summed E-state index contributed by atoms with van der Waals surface area (Å²) >= 11 is 1.23. The zero-order valence-corrected chi connectivity index (χ0v) is 21.1. The van der Waals surface area contributed by atoms with Crippen molar-refractivity contribution in [1.82, 2.24) is 20.1 Å². The van der Waals surface area contributed by atoms with Crippen LogP contribution in [0.1, 0.15) is 43.3 Å². The molecule has 0 aliphatic carbocycles. The van der Waals surface area contributed by atoms with Crippen LogP contribution in [0, 0.1) is 20.8 Å². The fourth-order valence-corrected chi connectivity index (χ4v) is 4.77. The number of nitrogens with zero attached hydrogens (tertiary/aromatic N) is 3. The Morgan fingerprint density at radius 3 is 2.26 bits per heavy atom. The molecule has 0 fully saturated rings. The molecule has 7 nitrogen and oxygen atoms in total. The van der Waals surface area contributed by atoms with E-state index in [0.29, 0.717) is 40.9 Å². The van der Waals surface area contributed by atoms with E-state index in [1.807, 2.05) is 68.4 Å². The standard InChI is InChI=1S/C27H28N4O3S/c1-17-18(2)30-31(4)27(33)23(17)26-29-19(3)24(35-26)25(32)28-14-20-10-12-22(13-11-20)16-34-15-21-8-6-5-7-9-21/h5-13H,14-16H2,1-4H3,(H,28,32). The third-order valence-corrected chi connectivity index (χ3v) is 6.97. The Morgan fingerprint density at radius 1 is 0.943 bits per heavy atom. The average molecular weight is 489 g/mol. The molecule has 1 N–H and O–H groups in total. The van der Waals surface area contributed by atoms with Gasteiger partial charge in [0, 0.05) is 13.6 Å². The van der Waals surface area contributed by atoms with Gasteiger partial charge < -0.3 is 10.1 Å². The fraction of sp³-hybridized carbons (Fsp3) is 0.259. The molecular formula is C27H28N4O3S. The summed E-state index contributed by atoms with van der Waals surface area (Å²) in [5, 5.41) is 7.72. The molecule has 2 aromatic carbocycles. The molecule has 0 bridgehead atoms. The lowest BCUT2D eigenvalue weighted by atomic mass is 10.1. The van der Waals surface area contributed by atoms with E-state index in [9.17, 15) is 9.59 Å². The second-order valence-electron chi connectivity index (χ2n) is 8.43. The highest BCUT2D eigenvalue weighted by atomic mass is 32.1. The van der Waals surface area contributed by atoms with Crippen LogP contribution in [0.3, 0.4) is 0 Å². The van der Waals surface area contributed by atoms with Crippen LogP contribution in [0.4, 0.5) is 0 Å². The summed E-state index contributed by atoms with van der Waals surface area (Å²) in [6.45, 7) is 6.98. The summed E-state index contributed by atoms with van der Waals surface area (Å²) in [4.78, 5) is 30.6. The molecule has 0 unspecified atom stereocenters. The number of ether oxygens (including phenoxy) is 1. The first-order valence-electron chi connectivity index (χ1n) is 11.3. The second kappa shape index (κ2) is 10.8. The van der Waals surface area contributed by atoms with Gasteiger partial charge in [0.25, 0.3) is 11.5 Å². The highest BCUT2D eigenvalue weighted by molar-refractivity contribution is 7.17. The first kappa shape index (κ1) is 24.5. The third-order valence-electron chi connectivity index (χ3n) is 5.80. The quantitative estimate of drug-likeness (QED) is 0.395. The van der Waals surface area contributed by atoms with Crippen LogP contribution in [0.25, 0.3) is 10.6 Å². The number of amides is 1. The predicted octanol–water partition coefficient (Wildman–Crippen LogP) is 4.48. The van der Waals surface area contributed by atoms with Crippen LogP contribution >= 0.6 is 11.3 Å². The van der Waals surface area contributed by atoms with Crippen LogP contribution < -0.4 is 10.9 Å². The normalized spacial score (nSPS) is 11.0. The lowest BCUT2D eigenvalue weighted by Gasteiger charge is -2.07. The lowest BCUT2D eigenvalue weighted by molar-refractivity contribution is 0.0954. The van der Waals surface area contributed by atoms with Crippen molar-refractivity contribution in [1.29, 1.82) is 0 Å². The number of carbonyl (C=O) groups excluding carboxylic acids is 1. The van der Waals surface area contributed by atoms with Crippen molar-refractivity contribution in [2.24, 2.45) is 7.05 Å². The Hall–Kier alpha value is -3.62. The van der Waals surface area contributed by atoms with Gasteiger partial charge in [0.1, 0.15) is 9.88 Å². The van der Waals surface area contributed by atoms with E-state index in [4.69, 9.17) is 4.74 Å². The molecule has 0 aliphatic heterocycles. The molecule has 180 valence electrons. The third kappa shape index (κ3) is 5.72. The number of carbonyl (C=O) groups is 1. The Labute approximate surface area is 208 Å². The second-order valence-corrected chi connectivity index (χ2v) is 9.42. The van der Waals surface area contributed by atoms with Crippen LogP contribution in [-0.4, -0.2) is 20.7 Å². The molecule has 8 heteroatoms. The smallest absolute Gasteiger partial charge is 0.277 e. The van der Waals surface area contributed by atoms with Crippen molar-refractivity contribution in [2.45, 2.75) is 40.5 Å². The molecule has 0 radical (unpaired) electrons. The van der Waals surface area contributed by atoms with Crippen LogP contribution in [-0.2, 0) is 31.5 Å². The van der Waals surface area contributed by atoms with Crippen LogP contribution in [0.5, 0.6) is 0 Å². The van der Waals surface area contributed by atoms with E-state index in [2.05, 4.69) is 15.4 Å². The van der Waals surface area contributed by atoms with E-state index >= 15 is 0 Å². The molecule has 2 aromatic heterocycles. The molecule has 4 rings (SSSR count). The number of hydrogen-bond acceptors (Lipinski definition) is 6. The van der Waals surface area contributed by atoms with Crippen molar-refractivity contribution >= 4 is 17.2 Å². The summed E-state index contributed by atoms with van der Waals surface area (Å²) in [6, 6.07) is 18.0. The van der Waals surface area contributed by atoms with Gasteiger partial charge in [-0.3, -0.25) is 9.59 Å². The number of hydrogen-bond donors (Lipinski definition) is 1. The van der Waals surface area contributed by atoms with Gasteiger partial charge in [0.15, 0.2) is 0 Å². The topological polar surface area (TPSA) is 86.1 Å². The van der Waals surface area contributed by atoms with Gasteiger partial charge in [0.05, 0.1) is 30.2 Å². The molecule has 0 aliphatic rings. The average Bonchev–Trinajstić information content (AvgIpc) is 3.24. The van der Waals surface area contributed by atoms with E-state index in [-0.39, 0.29) is 11.5 Å². The van der Waals surface area contributed by atoms with Crippen molar-refractivity contribution in [2.75, 3.05) is 0 Å². The lowest BCUT2D eigenvalue weighted by Crippen LogP contribution is -2.23. The number of aryl methyl sites for hydroxylation is 3. The number of rotatable bonds is 8. The summed E-state index contributed by atoms with van der Waals surface area (Å²) in [7, 11) is 1.62. The van der Waals surface area contributed by atoms with E-state index < -0.39 is 0 Å². The fourth-order valence-electron chi connectivity index (χ4n) is 3.69. The maximum atomic E-state index is 12.9. The molecule has 1 amide bonds. The minimum absolute atomic E-state index is 0.207. The predicted molar refractivity (Wildman–Crippen MR) is 137 cm³/mol. The van der Waals surface area contributed by atoms with Gasteiger partial charge in [-0.25, -0.2) is 9.67 Å². The first-order valence-corrected chi connectivity index (χ1v) is 12.1. The molecule has 0 saturated heterocycles. The van der Waals surface area contributed by atoms with Crippen LogP contribution in [0.2, 0.25) is 0 Å². The Balaban J connectivity index is 1.37. The summed E-state index contributed by atoms with van der Waals surface area (Å²) in [5.41, 5.74) is 5.62. The van der Waals surface area contributed by atoms with Crippen molar-refractivity contribution in [3.63, 3.8) is 0 Å². The molecule has 0 saturated carbocycles. The zero-order valence-electron chi connectivity index (χ0n) is 20.3. The Morgan fingerprint density at radius 2 is 1.57 bits per heavy atom. The van der Waals surface area contributed by atoms with Gasteiger partial charge in [-0.2, -0.15) is 5.10 Å². The van der Waals surface area contributed by atoms with Crippen molar-refractivity contribution in [3.05, 3.63) is 103 Å². The van der Waals surface area contributed by atoms with Gasteiger partial charge in [0.2, 0.25) is 0 Å². The van der Waals surface area contributed by atoms with E-state index in [0.717, 1.165) is 27.9 Å². The molecule has 2 heterocycles. The van der Waals surface area contributed by atoms with Crippen molar-refractivity contribution in [3.8, 4) is 10.6 Å². The highest BCUT2D eigenvalue weighted by Crippen LogP contribution is 2.28. The molecule has 0 atom stereocenters. The molecule has 4 aromatic rings. The molecular weight excluding hydrogens is 460 g/mol.